The van der Waals surface area contributed by atoms with Crippen LogP contribution in [-0.4, -0.2) is 50.0 Å². The zero-order chi connectivity index (χ0) is 18.9. The maximum absolute atomic E-state index is 12.8. The van der Waals surface area contributed by atoms with Gasteiger partial charge in [0.1, 0.15) is 0 Å². The summed E-state index contributed by atoms with van der Waals surface area (Å²) in [6, 6.07) is -0.0834. The summed E-state index contributed by atoms with van der Waals surface area (Å²) in [5, 5.41) is 3.50. The number of carbonyl (C=O) groups excluding carboxylic acids is 1. The maximum Gasteiger partial charge on any atom is 0.453 e. The summed E-state index contributed by atoms with van der Waals surface area (Å²) in [6.07, 6.45) is -4.08. The van der Waals surface area contributed by atoms with Gasteiger partial charge in [-0.2, -0.15) is 18.2 Å². The Balaban J connectivity index is 2.28. The topological polar surface area (TPSA) is 89.4 Å². The molecule has 2 rings (SSSR count). The normalized spacial score (nSPS) is 13.3. The second-order valence-corrected chi connectivity index (χ2v) is 6.00. The molecule has 2 aromatic heterocycles. The molecular weight excluding hydrogens is 337 g/mol. The third-order valence-electron chi connectivity index (χ3n) is 4.29. The van der Waals surface area contributed by atoms with E-state index >= 15 is 0 Å². The second kappa shape index (κ2) is 6.95. The van der Waals surface area contributed by atoms with Gasteiger partial charge < -0.3 is 10.6 Å². The van der Waals surface area contributed by atoms with Gasteiger partial charge in [-0.1, -0.05) is 0 Å². The average Bonchev–Trinajstić information content (AvgIpc) is 2.97. The molecule has 138 valence electrons. The van der Waals surface area contributed by atoms with Crippen LogP contribution >= 0.6 is 0 Å². The fourth-order valence-electron chi connectivity index (χ4n) is 2.50. The SMILES string of the molecule is Cc1nc2nc(C(F)(F)F)nn2c(C)c1CCC(=O)N(C)C(C)CN. The molecule has 0 saturated carbocycles. The number of nitrogens with two attached hydrogens (primary N) is 1. The highest BCUT2D eigenvalue weighted by atomic mass is 19.4. The summed E-state index contributed by atoms with van der Waals surface area (Å²) in [5.41, 5.74) is 7.27. The Hall–Kier alpha value is -2.23. The highest BCUT2D eigenvalue weighted by Crippen LogP contribution is 2.27. The molecule has 0 aliphatic carbocycles. The van der Waals surface area contributed by atoms with E-state index in [0.717, 1.165) is 4.52 Å². The number of carbonyl (C=O) groups is 1. The van der Waals surface area contributed by atoms with E-state index in [1.54, 1.807) is 25.8 Å². The van der Waals surface area contributed by atoms with Crippen LogP contribution in [0.2, 0.25) is 0 Å². The van der Waals surface area contributed by atoms with Crippen LogP contribution in [0, 0.1) is 13.8 Å². The van der Waals surface area contributed by atoms with Gasteiger partial charge in [-0.3, -0.25) is 4.79 Å². The first-order chi connectivity index (χ1) is 11.6. The van der Waals surface area contributed by atoms with Crippen molar-refractivity contribution >= 4 is 11.7 Å². The lowest BCUT2D eigenvalue weighted by Gasteiger charge is -2.23. The molecule has 0 aliphatic rings. The Bertz CT molecular complexity index is 786. The highest BCUT2D eigenvalue weighted by Gasteiger charge is 2.37. The van der Waals surface area contributed by atoms with Gasteiger partial charge >= 0.3 is 6.18 Å². The van der Waals surface area contributed by atoms with Gasteiger partial charge in [-0.15, -0.1) is 5.10 Å². The third kappa shape index (κ3) is 3.89. The van der Waals surface area contributed by atoms with Crippen LogP contribution in [0.25, 0.3) is 5.78 Å². The van der Waals surface area contributed by atoms with Crippen LogP contribution in [0.1, 0.15) is 36.1 Å². The monoisotopic (exact) mass is 358 g/mol. The predicted molar refractivity (Wildman–Crippen MR) is 84.9 cm³/mol. The van der Waals surface area contributed by atoms with Crippen molar-refractivity contribution in [1.29, 1.82) is 0 Å². The summed E-state index contributed by atoms with van der Waals surface area (Å²) in [7, 11) is 1.67. The Kier molecular flexibility index (Phi) is 5.31. The van der Waals surface area contributed by atoms with Crippen LogP contribution in [0.5, 0.6) is 0 Å². The molecule has 0 aliphatic heterocycles. The zero-order valence-corrected chi connectivity index (χ0v) is 14.6. The number of hydrogen-bond donors (Lipinski definition) is 1. The van der Waals surface area contributed by atoms with Crippen molar-refractivity contribution < 1.29 is 18.0 Å². The van der Waals surface area contributed by atoms with E-state index in [1.807, 2.05) is 6.92 Å². The van der Waals surface area contributed by atoms with E-state index in [-0.39, 0.29) is 24.1 Å². The molecule has 2 aromatic rings. The van der Waals surface area contributed by atoms with Gasteiger partial charge in [-0.25, -0.2) is 9.50 Å². The minimum Gasteiger partial charge on any atom is -0.342 e. The largest absolute Gasteiger partial charge is 0.453 e. The lowest BCUT2D eigenvalue weighted by molar-refractivity contribution is -0.144. The molecule has 0 saturated heterocycles. The molecule has 0 aromatic carbocycles. The third-order valence-corrected chi connectivity index (χ3v) is 4.29. The van der Waals surface area contributed by atoms with Crippen LogP contribution < -0.4 is 5.73 Å². The van der Waals surface area contributed by atoms with Crippen molar-refractivity contribution in [3.63, 3.8) is 0 Å². The number of fused-ring (bicyclic) bond motifs is 1. The van der Waals surface area contributed by atoms with Gasteiger partial charge in [-0.05, 0) is 32.8 Å². The van der Waals surface area contributed by atoms with Crippen molar-refractivity contribution in [1.82, 2.24) is 24.5 Å². The Morgan fingerprint density at radius 1 is 1.32 bits per heavy atom. The van der Waals surface area contributed by atoms with E-state index in [0.29, 0.717) is 29.9 Å². The van der Waals surface area contributed by atoms with Crippen molar-refractivity contribution in [2.24, 2.45) is 5.73 Å². The van der Waals surface area contributed by atoms with Crippen LogP contribution in [0.4, 0.5) is 13.2 Å². The van der Waals surface area contributed by atoms with Crippen molar-refractivity contribution in [2.45, 2.75) is 45.8 Å². The van der Waals surface area contributed by atoms with Crippen LogP contribution in [-0.2, 0) is 17.4 Å². The Morgan fingerprint density at radius 2 is 1.96 bits per heavy atom. The minimum absolute atomic E-state index is 0.0834. The number of rotatable bonds is 5. The fourth-order valence-corrected chi connectivity index (χ4v) is 2.50. The van der Waals surface area contributed by atoms with Crippen molar-refractivity contribution in [2.75, 3.05) is 13.6 Å². The molecule has 10 heteroatoms. The predicted octanol–water partition coefficient (Wildman–Crippen LogP) is 1.50. The lowest BCUT2D eigenvalue weighted by Crippen LogP contribution is -2.39. The highest BCUT2D eigenvalue weighted by molar-refractivity contribution is 5.76. The van der Waals surface area contributed by atoms with E-state index in [1.165, 1.54) is 0 Å². The van der Waals surface area contributed by atoms with Crippen molar-refractivity contribution in [3.05, 3.63) is 22.8 Å². The van der Waals surface area contributed by atoms with E-state index in [2.05, 4.69) is 15.1 Å². The summed E-state index contributed by atoms with van der Waals surface area (Å²) in [5.74, 6) is -1.43. The number of alkyl halides is 3. The minimum atomic E-state index is -4.63. The molecule has 2 N–H and O–H groups in total. The first-order valence-electron chi connectivity index (χ1n) is 7.82. The molecule has 2 heterocycles. The van der Waals surface area contributed by atoms with Crippen LogP contribution in [0.3, 0.4) is 0 Å². The molecule has 0 bridgehead atoms. The first kappa shape index (κ1) is 19.1. The average molecular weight is 358 g/mol. The number of amides is 1. The molecule has 7 nitrogen and oxygen atoms in total. The maximum atomic E-state index is 12.8. The fraction of sp³-hybridized carbons (Fsp3) is 0.600. The molecule has 1 atom stereocenters. The number of likely N-dealkylation sites (N-methyl/N-ethyl adjacent to an activating group) is 1. The van der Waals surface area contributed by atoms with Gasteiger partial charge in [0.25, 0.3) is 11.6 Å². The summed E-state index contributed by atoms with van der Waals surface area (Å²) < 4.78 is 39.4. The summed E-state index contributed by atoms with van der Waals surface area (Å²) in [6.45, 7) is 5.52. The second-order valence-electron chi connectivity index (χ2n) is 6.00. The smallest absolute Gasteiger partial charge is 0.342 e. The van der Waals surface area contributed by atoms with Gasteiger partial charge in [0.05, 0.1) is 0 Å². The molecule has 0 radical (unpaired) electrons. The number of hydrogen-bond acceptors (Lipinski definition) is 5. The number of aryl methyl sites for hydroxylation is 2. The van der Waals surface area contributed by atoms with Gasteiger partial charge in [0.2, 0.25) is 5.91 Å². The van der Waals surface area contributed by atoms with Crippen LogP contribution in [0.15, 0.2) is 0 Å². The lowest BCUT2D eigenvalue weighted by atomic mass is 10.1. The Morgan fingerprint density at radius 3 is 2.52 bits per heavy atom. The van der Waals surface area contributed by atoms with E-state index < -0.39 is 12.0 Å². The van der Waals surface area contributed by atoms with Gasteiger partial charge in [0, 0.05) is 37.4 Å². The Labute approximate surface area is 143 Å². The van der Waals surface area contributed by atoms with E-state index in [9.17, 15) is 18.0 Å². The molecule has 0 spiro atoms. The molecule has 25 heavy (non-hydrogen) atoms. The number of halogens is 3. The first-order valence-corrected chi connectivity index (χ1v) is 7.82. The summed E-state index contributed by atoms with van der Waals surface area (Å²) in [4.78, 5) is 21.3. The van der Waals surface area contributed by atoms with Crippen molar-refractivity contribution in [3.8, 4) is 0 Å². The standard InChI is InChI=1S/C15H21F3N6O/c1-8(7-19)23(4)12(25)6-5-11-9(2)20-14-21-13(15(16,17)18)22-24(14)10(11)3/h8H,5-7,19H2,1-4H3. The van der Waals surface area contributed by atoms with Gasteiger partial charge in [0.15, 0.2) is 0 Å². The molecule has 0 fully saturated rings. The van der Waals surface area contributed by atoms with E-state index in [4.69, 9.17) is 5.73 Å². The summed E-state index contributed by atoms with van der Waals surface area (Å²) >= 11 is 0. The number of aromatic nitrogens is 4. The number of nitrogens with zero attached hydrogens (tertiary/aromatic N) is 5. The zero-order valence-electron chi connectivity index (χ0n) is 14.6. The molecular formula is C15H21F3N6O. The molecule has 1 unspecified atom stereocenters. The quantitative estimate of drug-likeness (QED) is 0.875. The molecule has 1 amide bonds.